The summed E-state index contributed by atoms with van der Waals surface area (Å²) < 4.78 is 22.8. The maximum atomic E-state index is 13.6. The Morgan fingerprint density at radius 2 is 1.35 bits per heavy atom. The van der Waals surface area contributed by atoms with E-state index in [1.165, 1.54) is 0 Å². The number of allylic oxidation sites excluding steroid dienone is 2. The number of fused-ring (bicyclic) bond motifs is 8. The number of nitrogens with one attached hydrogen (secondary N) is 2. The van der Waals surface area contributed by atoms with Gasteiger partial charge in [0.1, 0.15) is 48.8 Å². The number of carbonyl (C=O) groups excluding carboxylic acids is 1. The second-order valence-corrected chi connectivity index (χ2v) is 17.8. The molecule has 18 heteroatoms. The van der Waals surface area contributed by atoms with Crippen LogP contribution in [0, 0.1) is 20.8 Å². The monoisotopic (exact) mass is 907 g/mol. The van der Waals surface area contributed by atoms with E-state index >= 15 is 0 Å². The molecule has 8 bridgehead atoms. The Bertz CT molecular complexity index is 2400. The maximum absolute atomic E-state index is 13.6. The Labute approximate surface area is 377 Å². The van der Waals surface area contributed by atoms with Gasteiger partial charge < -0.3 is 74.7 Å². The van der Waals surface area contributed by atoms with Gasteiger partial charge in [0.25, 0.3) is 0 Å². The fourth-order valence-electron chi connectivity index (χ4n) is 9.30. The van der Waals surface area contributed by atoms with Crippen molar-refractivity contribution in [1.29, 1.82) is 0 Å². The summed E-state index contributed by atoms with van der Waals surface area (Å²) in [5, 5.41) is 81.3. The molecule has 2 fully saturated rings. The normalized spacial score (nSPS) is 29.4. The Kier molecular flexibility index (Phi) is 15.3. The summed E-state index contributed by atoms with van der Waals surface area (Å²) in [6.07, 6.45) is -12.0. The minimum Gasteiger partial charge on any atom is -0.394 e. The van der Waals surface area contributed by atoms with Crippen molar-refractivity contribution in [3.05, 3.63) is 69.3 Å². The van der Waals surface area contributed by atoms with E-state index in [1.807, 2.05) is 26.0 Å². The molecule has 4 aliphatic heterocycles. The number of H-pyrrole nitrogens is 2. The van der Waals surface area contributed by atoms with Crippen LogP contribution in [0.1, 0.15) is 103 Å². The minimum absolute atomic E-state index is 0.0569. The number of hydrogen-bond donors (Lipinski definition) is 10. The molecule has 0 spiro atoms. The highest BCUT2D eigenvalue weighted by Gasteiger charge is 2.45. The number of aromatic nitrogens is 4. The molecule has 356 valence electrons. The molecular weight excluding hydrogens is 843 g/mol. The predicted molar refractivity (Wildman–Crippen MR) is 239 cm³/mol. The number of nitrogens with zero attached hydrogens (tertiary/aromatic N) is 3. The van der Waals surface area contributed by atoms with E-state index in [4.69, 9.17) is 28.9 Å². The number of aliphatic hydroxyl groups excluding tert-OH is 8. The Morgan fingerprint density at radius 1 is 0.754 bits per heavy atom. The van der Waals surface area contributed by atoms with Crippen LogP contribution in [-0.4, -0.2) is 166 Å². The van der Waals surface area contributed by atoms with Gasteiger partial charge in [0, 0.05) is 70.9 Å². The van der Waals surface area contributed by atoms with Crippen LogP contribution in [0.5, 0.6) is 0 Å². The predicted octanol–water partition coefficient (Wildman–Crippen LogP) is 2.23. The number of ether oxygens (including phenoxy) is 4. The lowest BCUT2D eigenvalue weighted by atomic mass is 9.86. The molecule has 0 aromatic carbocycles. The van der Waals surface area contributed by atoms with Gasteiger partial charge in [-0.3, -0.25) is 9.78 Å². The summed E-state index contributed by atoms with van der Waals surface area (Å²) in [5.74, 6) is -0.290. The van der Waals surface area contributed by atoms with Gasteiger partial charge in [-0.2, -0.15) is 0 Å². The smallest absolute Gasteiger partial charge is 0.222 e. The summed E-state index contributed by atoms with van der Waals surface area (Å²) in [5.41, 5.74) is 12.3. The molecule has 0 aliphatic carbocycles. The number of aliphatic hydroxyl groups is 8. The third-order valence-electron chi connectivity index (χ3n) is 13.7. The molecule has 7 rings (SSSR count). The van der Waals surface area contributed by atoms with Gasteiger partial charge in [-0.05, 0) is 99.1 Å². The average molecular weight is 908 g/mol. The maximum Gasteiger partial charge on any atom is 0.222 e. The van der Waals surface area contributed by atoms with E-state index in [-0.39, 0.29) is 37.4 Å². The first-order valence-electron chi connectivity index (χ1n) is 22.5. The van der Waals surface area contributed by atoms with Crippen LogP contribution in [0.3, 0.4) is 0 Å². The summed E-state index contributed by atoms with van der Waals surface area (Å²) >= 11 is 0. The lowest BCUT2D eigenvalue weighted by molar-refractivity contribution is -0.304. The molecule has 65 heavy (non-hydrogen) atoms. The van der Waals surface area contributed by atoms with Gasteiger partial charge in [-0.25, -0.2) is 4.98 Å². The van der Waals surface area contributed by atoms with Gasteiger partial charge in [0.05, 0.1) is 37.8 Å². The van der Waals surface area contributed by atoms with Crippen molar-refractivity contribution in [3.8, 4) is 0 Å². The number of rotatable bonds is 14. The van der Waals surface area contributed by atoms with Crippen LogP contribution in [0.4, 0.5) is 0 Å². The average Bonchev–Trinajstić information content (AvgIpc) is 4.00. The molecule has 12 atom stereocenters. The molecule has 0 unspecified atom stereocenters. The van der Waals surface area contributed by atoms with Crippen molar-refractivity contribution in [3.63, 3.8) is 0 Å². The minimum atomic E-state index is -1.59. The molecule has 0 radical (unpaired) electrons. The van der Waals surface area contributed by atoms with E-state index in [9.17, 15) is 45.6 Å². The van der Waals surface area contributed by atoms with Crippen LogP contribution in [0.25, 0.3) is 33.2 Å². The summed E-state index contributed by atoms with van der Waals surface area (Å²) in [6, 6.07) is 8.18. The second kappa shape index (κ2) is 20.4. The van der Waals surface area contributed by atoms with Crippen LogP contribution in [0.15, 0.2) is 24.3 Å². The number of amides is 1. The summed E-state index contributed by atoms with van der Waals surface area (Å²) in [4.78, 5) is 32.9. The van der Waals surface area contributed by atoms with Crippen molar-refractivity contribution in [2.75, 3.05) is 33.4 Å². The van der Waals surface area contributed by atoms with Crippen LogP contribution in [-0.2, 0) is 30.3 Å². The fraction of sp³-hybridized carbons (Fsp3) is 0.596. The van der Waals surface area contributed by atoms with Crippen molar-refractivity contribution in [1.82, 2.24) is 24.8 Å². The topological polar surface area (TPSA) is 276 Å². The molecule has 4 aliphatic rings. The lowest BCUT2D eigenvalue weighted by Gasteiger charge is -2.39. The van der Waals surface area contributed by atoms with E-state index in [1.54, 1.807) is 11.9 Å². The quantitative estimate of drug-likeness (QED) is 0.104. The molecule has 10 N–H and O–H groups in total. The third kappa shape index (κ3) is 9.82. The Hall–Kier alpha value is -4.15. The molecule has 7 heterocycles. The Balaban J connectivity index is 1.19. The van der Waals surface area contributed by atoms with Gasteiger partial charge in [0.15, 0.2) is 12.6 Å². The van der Waals surface area contributed by atoms with Crippen molar-refractivity contribution in [2.45, 2.75) is 147 Å². The van der Waals surface area contributed by atoms with Crippen molar-refractivity contribution < 1.29 is 64.6 Å². The van der Waals surface area contributed by atoms with Gasteiger partial charge in [0.2, 0.25) is 5.91 Å². The van der Waals surface area contributed by atoms with E-state index in [0.29, 0.717) is 24.9 Å². The number of hydrogen-bond acceptors (Lipinski definition) is 15. The summed E-state index contributed by atoms with van der Waals surface area (Å²) in [6.45, 7) is 11.6. The fourth-order valence-corrected chi connectivity index (χ4v) is 9.30. The van der Waals surface area contributed by atoms with Gasteiger partial charge in [-0.15, -0.1) is 0 Å². The zero-order valence-electron chi connectivity index (χ0n) is 38.1. The third-order valence-corrected chi connectivity index (χ3v) is 13.7. The first kappa shape index (κ1) is 48.8. The standard InChI is InChI=1S/C47H65N5O13/c1-8-26-22(3)32-17-35-28(20-63-47-45(61)43(59)41(57)37(19-54)65-47)24(5)31(50-35)16-33-23(4)27(39(51-33)25(6)30-14-21(2)29(48-30)15-34(26)49-32)10-11-38(55)52(7)12-9-13-62-46-44(60)42(58)40(56)36(18-53)64-46/h14-17,23,27,36-37,40-48,50,53-54,56-61H,8-13,18-20H2,1-7H3/t23-,27-,36+,37+,40+,41+,42-,43-,44+,45+,46+,47+/m0/s1. The zero-order valence-corrected chi connectivity index (χ0v) is 38.1. The first-order valence-corrected chi connectivity index (χ1v) is 22.5. The largest absolute Gasteiger partial charge is 0.394 e. The van der Waals surface area contributed by atoms with E-state index in [0.717, 1.165) is 79.1 Å². The molecular formula is C47H65N5O13. The summed E-state index contributed by atoms with van der Waals surface area (Å²) in [7, 11) is 1.72. The van der Waals surface area contributed by atoms with E-state index in [2.05, 4.69) is 49.8 Å². The Morgan fingerprint density at radius 3 is 1.98 bits per heavy atom. The number of carbonyl (C=O) groups is 1. The zero-order chi connectivity index (χ0) is 47.0. The molecule has 18 nitrogen and oxygen atoms in total. The lowest BCUT2D eigenvalue weighted by Crippen LogP contribution is -2.59. The highest BCUT2D eigenvalue weighted by molar-refractivity contribution is 5.92. The molecule has 0 saturated carbocycles. The second-order valence-electron chi connectivity index (χ2n) is 17.8. The molecule has 3 aromatic rings. The highest BCUT2D eigenvalue weighted by Crippen LogP contribution is 2.42. The molecule has 3 aromatic heterocycles. The molecule has 1 amide bonds. The van der Waals surface area contributed by atoms with Crippen LogP contribution < -0.4 is 0 Å². The number of aryl methyl sites for hydroxylation is 3. The highest BCUT2D eigenvalue weighted by atomic mass is 16.7. The molecule has 2 saturated heterocycles. The van der Waals surface area contributed by atoms with Crippen LogP contribution >= 0.6 is 0 Å². The van der Waals surface area contributed by atoms with E-state index < -0.39 is 74.6 Å². The van der Waals surface area contributed by atoms with Gasteiger partial charge in [-0.1, -0.05) is 13.8 Å². The van der Waals surface area contributed by atoms with Gasteiger partial charge >= 0.3 is 0 Å². The van der Waals surface area contributed by atoms with Crippen molar-refractivity contribution in [2.24, 2.45) is 0 Å². The first-order chi connectivity index (χ1) is 31.0. The van der Waals surface area contributed by atoms with Crippen molar-refractivity contribution >= 4 is 39.1 Å². The SMILES string of the molecule is CCC1=C(C)c2cc3[nH]c(cc4nc(c(C)c5cc(C)c(cc1n2)[nH]5)[C@@H](CCC(=O)N(C)CCCO[C@@H]1O[C@H](CO)[C@@H](O)[C@H](O)[C@H]1O)[C@@H]4C)c(C)c3CO[C@@H]1O[C@H](CO)[C@@H](O)[C@H](O)[C@H]1O. The number of aromatic amines is 2. The van der Waals surface area contributed by atoms with Crippen LogP contribution in [0.2, 0.25) is 0 Å².